The van der Waals surface area contributed by atoms with Gasteiger partial charge in [0.25, 0.3) is 0 Å². The highest BCUT2D eigenvalue weighted by Gasteiger charge is 2.70. The molecular formula is C24H21ClN4O6. The van der Waals surface area contributed by atoms with Crippen LogP contribution in [0.5, 0.6) is 0 Å². The van der Waals surface area contributed by atoms with Crippen molar-refractivity contribution in [3.8, 4) is 0 Å². The monoisotopic (exact) mass is 496 g/mol. The minimum atomic E-state index is -1.60. The molecule has 4 amide bonds. The zero-order chi connectivity index (χ0) is 25.1. The predicted octanol–water partition coefficient (Wildman–Crippen LogP) is 1.32. The van der Waals surface area contributed by atoms with Crippen LogP contribution in [0, 0.1) is 11.8 Å². The van der Waals surface area contributed by atoms with Crippen LogP contribution in [-0.4, -0.2) is 42.2 Å². The van der Waals surface area contributed by atoms with Crippen LogP contribution in [-0.2, 0) is 29.5 Å². The van der Waals surface area contributed by atoms with Crippen LogP contribution in [0.2, 0.25) is 5.02 Å². The molecule has 0 saturated carbocycles. The highest BCUT2D eigenvalue weighted by atomic mass is 35.5. The third-order valence-electron chi connectivity index (χ3n) is 6.73. The van der Waals surface area contributed by atoms with E-state index in [4.69, 9.17) is 22.1 Å². The van der Waals surface area contributed by atoms with E-state index in [2.05, 4.69) is 10.6 Å². The average Bonchev–Trinajstić information content (AvgIpc) is 3.38. The Morgan fingerprint density at radius 1 is 1.11 bits per heavy atom. The van der Waals surface area contributed by atoms with Gasteiger partial charge < -0.3 is 15.8 Å². The number of benzene rings is 2. The second-order valence-electron chi connectivity index (χ2n) is 8.66. The Morgan fingerprint density at radius 3 is 2.49 bits per heavy atom. The molecule has 35 heavy (non-hydrogen) atoms. The number of imide groups is 1. The maximum atomic E-state index is 13.8. The number of esters is 1. The Morgan fingerprint density at radius 2 is 1.83 bits per heavy atom. The molecule has 0 aromatic heterocycles. The number of carbonyl (C=O) groups is 5. The molecule has 5 rings (SSSR count). The molecule has 2 aromatic carbocycles. The minimum Gasteiger partial charge on any atom is -0.462 e. The summed E-state index contributed by atoms with van der Waals surface area (Å²) in [5, 5.41) is 6.21. The van der Waals surface area contributed by atoms with Crippen LogP contribution in [0.1, 0.15) is 29.3 Å². The van der Waals surface area contributed by atoms with E-state index in [0.717, 1.165) is 4.90 Å². The lowest BCUT2D eigenvalue weighted by Crippen LogP contribution is -2.53. The third kappa shape index (κ3) is 3.32. The number of hydrogen-bond acceptors (Lipinski definition) is 7. The van der Waals surface area contributed by atoms with Crippen LogP contribution in [0.15, 0.2) is 42.5 Å². The second kappa shape index (κ2) is 8.17. The summed E-state index contributed by atoms with van der Waals surface area (Å²) in [4.78, 5) is 65.6. The first-order valence-electron chi connectivity index (χ1n) is 11.0. The summed E-state index contributed by atoms with van der Waals surface area (Å²) in [6.45, 7) is 1.89. The van der Waals surface area contributed by atoms with Crippen molar-refractivity contribution < 1.29 is 28.7 Å². The highest BCUT2D eigenvalue weighted by molar-refractivity contribution is 6.31. The molecule has 180 valence electrons. The minimum absolute atomic E-state index is 0.205. The Balaban J connectivity index is 1.59. The van der Waals surface area contributed by atoms with E-state index in [-0.39, 0.29) is 24.3 Å². The SMILES string of the molecule is CCOC(=O)c1ccc(N2C(=O)[C@@H]3C(CC(N)=O)NC4(C(=O)Nc5ccc(Cl)cc54)[C@@H]3C2=O)cc1. The smallest absolute Gasteiger partial charge is 0.338 e. The lowest BCUT2D eigenvalue weighted by molar-refractivity contribution is -0.130. The third-order valence-corrected chi connectivity index (χ3v) is 6.97. The van der Waals surface area contributed by atoms with E-state index in [1.54, 1.807) is 25.1 Å². The Hall–Kier alpha value is -3.76. The fourth-order valence-electron chi connectivity index (χ4n) is 5.38. The Bertz CT molecular complexity index is 1300. The van der Waals surface area contributed by atoms with E-state index in [1.807, 2.05) is 0 Å². The molecule has 3 aliphatic rings. The van der Waals surface area contributed by atoms with E-state index < -0.39 is 53.0 Å². The van der Waals surface area contributed by atoms with Crippen molar-refractivity contribution >= 4 is 52.6 Å². The van der Waals surface area contributed by atoms with Gasteiger partial charge in [-0.2, -0.15) is 0 Å². The van der Waals surface area contributed by atoms with Gasteiger partial charge in [-0.1, -0.05) is 11.6 Å². The summed E-state index contributed by atoms with van der Waals surface area (Å²) < 4.78 is 4.97. The van der Waals surface area contributed by atoms with Gasteiger partial charge in [0, 0.05) is 28.7 Å². The molecule has 0 radical (unpaired) electrons. The lowest BCUT2D eigenvalue weighted by Gasteiger charge is -2.29. The molecule has 2 saturated heterocycles. The first kappa shape index (κ1) is 23.0. The number of ether oxygens (including phenoxy) is 1. The number of halogens is 1. The molecule has 2 unspecified atom stereocenters. The summed E-state index contributed by atoms with van der Waals surface area (Å²) in [5.41, 5.74) is 5.22. The van der Waals surface area contributed by atoms with Gasteiger partial charge in [0.1, 0.15) is 5.54 Å². The molecular weight excluding hydrogens is 476 g/mol. The van der Waals surface area contributed by atoms with Crippen molar-refractivity contribution in [1.82, 2.24) is 5.32 Å². The zero-order valence-electron chi connectivity index (χ0n) is 18.5. The van der Waals surface area contributed by atoms with E-state index in [1.165, 1.54) is 24.3 Å². The number of carbonyl (C=O) groups excluding carboxylic acids is 5. The van der Waals surface area contributed by atoms with Gasteiger partial charge in [0.05, 0.1) is 29.7 Å². The predicted molar refractivity (Wildman–Crippen MR) is 124 cm³/mol. The molecule has 11 heteroatoms. The van der Waals surface area contributed by atoms with Crippen LogP contribution in [0.3, 0.4) is 0 Å². The van der Waals surface area contributed by atoms with Gasteiger partial charge in [-0.05, 0) is 49.4 Å². The number of nitrogens with one attached hydrogen (secondary N) is 2. The molecule has 10 nitrogen and oxygen atoms in total. The molecule has 3 aliphatic heterocycles. The Kier molecular flexibility index (Phi) is 5.37. The number of primary amides is 1. The van der Waals surface area contributed by atoms with Crippen LogP contribution in [0.4, 0.5) is 11.4 Å². The van der Waals surface area contributed by atoms with Gasteiger partial charge >= 0.3 is 5.97 Å². The quantitative estimate of drug-likeness (QED) is 0.417. The number of fused-ring (bicyclic) bond motifs is 4. The van der Waals surface area contributed by atoms with E-state index in [9.17, 15) is 24.0 Å². The van der Waals surface area contributed by atoms with Crippen LogP contribution in [0.25, 0.3) is 0 Å². The zero-order valence-corrected chi connectivity index (χ0v) is 19.3. The maximum absolute atomic E-state index is 13.8. The van der Waals surface area contributed by atoms with Crippen molar-refractivity contribution in [3.63, 3.8) is 0 Å². The topological polar surface area (TPSA) is 148 Å². The van der Waals surface area contributed by atoms with Gasteiger partial charge in [-0.3, -0.25) is 24.5 Å². The second-order valence-corrected chi connectivity index (χ2v) is 9.09. The molecule has 3 heterocycles. The molecule has 4 atom stereocenters. The molecule has 0 aliphatic carbocycles. The molecule has 2 fully saturated rings. The number of anilines is 2. The summed E-state index contributed by atoms with van der Waals surface area (Å²) >= 11 is 6.21. The van der Waals surface area contributed by atoms with Crippen molar-refractivity contribution in [2.24, 2.45) is 17.6 Å². The molecule has 1 spiro atoms. The van der Waals surface area contributed by atoms with Gasteiger partial charge in [0.15, 0.2) is 0 Å². The van der Waals surface area contributed by atoms with Crippen molar-refractivity contribution in [3.05, 3.63) is 58.6 Å². The normalized spacial score (nSPS) is 26.6. The first-order valence-corrected chi connectivity index (χ1v) is 11.4. The Labute approximate surface area is 204 Å². The molecule has 0 bridgehead atoms. The maximum Gasteiger partial charge on any atom is 0.338 e. The standard InChI is InChI=1S/C24H21ClN4O6/c1-2-35-22(33)11-3-6-13(7-4-11)29-20(31)18-16(10-17(26)30)28-24(19(18)21(29)32)14-9-12(25)5-8-15(14)27-23(24)34/h3-9,16,18-19,28H,2,10H2,1H3,(H2,26,30)(H,27,34)/t16?,18-,19+,24?/m1/s1. The van der Waals surface area contributed by atoms with Crippen LogP contribution < -0.4 is 21.3 Å². The number of hydrogen-bond donors (Lipinski definition) is 3. The lowest BCUT2D eigenvalue weighted by atomic mass is 9.76. The fraction of sp³-hybridized carbons (Fsp3) is 0.292. The summed E-state index contributed by atoms with van der Waals surface area (Å²) in [7, 11) is 0. The largest absolute Gasteiger partial charge is 0.462 e. The molecule has 4 N–H and O–H groups in total. The van der Waals surface area contributed by atoms with E-state index in [0.29, 0.717) is 16.3 Å². The van der Waals surface area contributed by atoms with Gasteiger partial charge in [-0.25, -0.2) is 9.69 Å². The van der Waals surface area contributed by atoms with Gasteiger partial charge in [-0.15, -0.1) is 0 Å². The molecule has 2 aromatic rings. The number of nitrogens with zero attached hydrogens (tertiary/aromatic N) is 1. The fourth-order valence-corrected chi connectivity index (χ4v) is 5.55. The number of nitrogens with two attached hydrogens (primary N) is 1. The summed E-state index contributed by atoms with van der Waals surface area (Å²) in [5.74, 6) is -5.05. The van der Waals surface area contributed by atoms with Crippen molar-refractivity contribution in [2.75, 3.05) is 16.8 Å². The summed E-state index contributed by atoms with van der Waals surface area (Å²) in [6, 6.07) is 9.77. The van der Waals surface area contributed by atoms with E-state index >= 15 is 0 Å². The summed E-state index contributed by atoms with van der Waals surface area (Å²) in [6.07, 6.45) is -0.249. The highest BCUT2D eigenvalue weighted by Crippen LogP contribution is 2.54. The van der Waals surface area contributed by atoms with Crippen LogP contribution >= 0.6 is 11.6 Å². The number of rotatable bonds is 5. The van der Waals surface area contributed by atoms with Gasteiger partial charge in [0.2, 0.25) is 23.6 Å². The first-order chi connectivity index (χ1) is 16.7. The van der Waals surface area contributed by atoms with Crippen molar-refractivity contribution in [2.45, 2.75) is 24.9 Å². The number of amides is 4. The van der Waals surface area contributed by atoms with Crippen molar-refractivity contribution in [1.29, 1.82) is 0 Å². The average molecular weight is 497 g/mol.